The number of amides is 1. The molecule has 1 aromatic rings. The zero-order chi connectivity index (χ0) is 14.3. The van der Waals surface area contributed by atoms with Crippen molar-refractivity contribution in [2.45, 2.75) is 38.4 Å². The summed E-state index contributed by atoms with van der Waals surface area (Å²) < 4.78 is 0.258. The fraction of sp³-hybridized carbons (Fsp3) is 0.533. The van der Waals surface area contributed by atoms with E-state index in [1.54, 1.807) is 0 Å². The SMILES string of the molecule is CC(C)(C)SCCNC(=O)CCc1ccc(Cl)cc1. The van der Waals surface area contributed by atoms with E-state index in [-0.39, 0.29) is 10.7 Å². The maximum atomic E-state index is 11.7. The molecule has 1 amide bonds. The number of carbonyl (C=O) groups is 1. The lowest BCUT2D eigenvalue weighted by molar-refractivity contribution is -0.120. The zero-order valence-corrected chi connectivity index (χ0v) is 13.4. The molecule has 0 aromatic heterocycles. The lowest BCUT2D eigenvalue weighted by Gasteiger charge is -2.17. The monoisotopic (exact) mass is 299 g/mol. The molecule has 1 rings (SSSR count). The average Bonchev–Trinajstić information content (AvgIpc) is 2.33. The number of halogens is 1. The van der Waals surface area contributed by atoms with Crippen LogP contribution in [0, 0.1) is 0 Å². The van der Waals surface area contributed by atoms with Gasteiger partial charge < -0.3 is 5.32 Å². The predicted molar refractivity (Wildman–Crippen MR) is 85.0 cm³/mol. The molecule has 0 radical (unpaired) electrons. The van der Waals surface area contributed by atoms with Gasteiger partial charge in [0.25, 0.3) is 0 Å². The Morgan fingerprint density at radius 1 is 1.26 bits per heavy atom. The van der Waals surface area contributed by atoms with E-state index >= 15 is 0 Å². The van der Waals surface area contributed by atoms with Gasteiger partial charge in [0.05, 0.1) is 0 Å². The molecule has 0 aliphatic heterocycles. The molecule has 0 bridgehead atoms. The summed E-state index contributed by atoms with van der Waals surface area (Å²) in [6.07, 6.45) is 1.29. The average molecular weight is 300 g/mol. The van der Waals surface area contributed by atoms with Crippen LogP contribution >= 0.6 is 23.4 Å². The van der Waals surface area contributed by atoms with Crippen molar-refractivity contribution in [1.29, 1.82) is 0 Å². The van der Waals surface area contributed by atoms with E-state index in [1.807, 2.05) is 36.0 Å². The number of aryl methyl sites for hydroxylation is 1. The molecule has 2 nitrogen and oxygen atoms in total. The van der Waals surface area contributed by atoms with Crippen molar-refractivity contribution < 1.29 is 4.79 Å². The molecule has 0 aliphatic carbocycles. The van der Waals surface area contributed by atoms with Crippen LogP contribution in [0.5, 0.6) is 0 Å². The fourth-order valence-electron chi connectivity index (χ4n) is 1.54. The number of benzene rings is 1. The fourth-order valence-corrected chi connectivity index (χ4v) is 2.49. The van der Waals surface area contributed by atoms with Crippen molar-refractivity contribution >= 4 is 29.3 Å². The van der Waals surface area contributed by atoms with Crippen LogP contribution < -0.4 is 5.32 Å². The molecular weight excluding hydrogens is 278 g/mol. The Morgan fingerprint density at radius 2 is 1.89 bits per heavy atom. The van der Waals surface area contributed by atoms with Crippen LogP contribution in [-0.2, 0) is 11.2 Å². The van der Waals surface area contributed by atoms with Gasteiger partial charge >= 0.3 is 0 Å². The highest BCUT2D eigenvalue weighted by Crippen LogP contribution is 2.22. The summed E-state index contributed by atoms with van der Waals surface area (Å²) >= 11 is 7.68. The van der Waals surface area contributed by atoms with Gasteiger partial charge in [-0.1, -0.05) is 44.5 Å². The Kier molecular flexibility index (Phi) is 6.73. The lowest BCUT2D eigenvalue weighted by Crippen LogP contribution is -2.27. The van der Waals surface area contributed by atoms with Crippen LogP contribution in [0.25, 0.3) is 0 Å². The van der Waals surface area contributed by atoms with E-state index < -0.39 is 0 Å². The third-order valence-corrected chi connectivity index (χ3v) is 4.04. The summed E-state index contributed by atoms with van der Waals surface area (Å²) in [6, 6.07) is 7.64. The molecular formula is C15H22ClNOS. The molecule has 1 N–H and O–H groups in total. The molecule has 106 valence electrons. The van der Waals surface area contributed by atoms with Crippen molar-refractivity contribution in [2.24, 2.45) is 0 Å². The molecule has 0 saturated carbocycles. The Bertz CT molecular complexity index is 398. The number of nitrogens with one attached hydrogen (secondary N) is 1. The van der Waals surface area contributed by atoms with Crippen LogP contribution in [-0.4, -0.2) is 23.0 Å². The van der Waals surface area contributed by atoms with E-state index in [0.717, 1.165) is 29.3 Å². The second kappa shape index (κ2) is 7.81. The number of hydrogen-bond acceptors (Lipinski definition) is 2. The van der Waals surface area contributed by atoms with Crippen molar-refractivity contribution in [3.05, 3.63) is 34.9 Å². The van der Waals surface area contributed by atoms with Gasteiger partial charge in [-0.15, -0.1) is 0 Å². The first-order valence-electron chi connectivity index (χ1n) is 6.52. The van der Waals surface area contributed by atoms with Gasteiger partial charge in [0.15, 0.2) is 0 Å². The van der Waals surface area contributed by atoms with Crippen molar-refractivity contribution in [3.63, 3.8) is 0 Å². The first kappa shape index (κ1) is 16.4. The molecule has 1 aromatic carbocycles. The van der Waals surface area contributed by atoms with E-state index in [4.69, 9.17) is 11.6 Å². The van der Waals surface area contributed by atoms with E-state index in [0.29, 0.717) is 6.42 Å². The zero-order valence-electron chi connectivity index (χ0n) is 11.8. The van der Waals surface area contributed by atoms with Crippen molar-refractivity contribution in [2.75, 3.05) is 12.3 Å². The molecule has 0 aliphatic rings. The van der Waals surface area contributed by atoms with Gasteiger partial charge in [0.2, 0.25) is 5.91 Å². The Labute approximate surface area is 125 Å². The first-order chi connectivity index (χ1) is 8.87. The summed E-state index contributed by atoms with van der Waals surface area (Å²) in [6.45, 7) is 7.28. The van der Waals surface area contributed by atoms with Gasteiger partial charge in [-0.2, -0.15) is 11.8 Å². The number of carbonyl (C=O) groups excluding carboxylic acids is 1. The third-order valence-electron chi connectivity index (χ3n) is 2.51. The molecule has 0 heterocycles. The standard InChI is InChI=1S/C15H22ClNOS/c1-15(2,3)19-11-10-17-14(18)9-6-12-4-7-13(16)8-5-12/h4-5,7-8H,6,9-11H2,1-3H3,(H,17,18). The summed E-state index contributed by atoms with van der Waals surface area (Å²) in [7, 11) is 0. The van der Waals surface area contributed by atoms with Crippen LogP contribution in [0.4, 0.5) is 0 Å². The van der Waals surface area contributed by atoms with Crippen molar-refractivity contribution in [1.82, 2.24) is 5.32 Å². The van der Waals surface area contributed by atoms with Gasteiger partial charge in [0, 0.05) is 28.5 Å². The van der Waals surface area contributed by atoms with E-state index in [1.165, 1.54) is 0 Å². The molecule has 0 atom stereocenters. The number of hydrogen-bond donors (Lipinski definition) is 1. The second-order valence-electron chi connectivity index (χ2n) is 5.44. The highest BCUT2D eigenvalue weighted by atomic mass is 35.5. The Morgan fingerprint density at radius 3 is 2.47 bits per heavy atom. The summed E-state index contributed by atoms with van der Waals surface area (Å²) in [4.78, 5) is 11.7. The predicted octanol–water partition coefficient (Wildman–Crippen LogP) is 3.92. The van der Waals surface area contributed by atoms with Crippen LogP contribution in [0.1, 0.15) is 32.8 Å². The maximum Gasteiger partial charge on any atom is 0.220 e. The maximum absolute atomic E-state index is 11.7. The summed E-state index contributed by atoms with van der Waals surface area (Å²) in [5.41, 5.74) is 1.14. The quantitative estimate of drug-likeness (QED) is 0.807. The molecule has 0 unspecified atom stereocenters. The molecule has 19 heavy (non-hydrogen) atoms. The minimum atomic E-state index is 0.115. The highest BCUT2D eigenvalue weighted by molar-refractivity contribution is 8.00. The van der Waals surface area contributed by atoms with E-state index in [2.05, 4.69) is 26.1 Å². The molecule has 0 fully saturated rings. The largest absolute Gasteiger partial charge is 0.355 e. The number of thioether (sulfide) groups is 1. The second-order valence-corrected chi connectivity index (χ2v) is 7.80. The minimum Gasteiger partial charge on any atom is -0.355 e. The van der Waals surface area contributed by atoms with Gasteiger partial charge in [0.1, 0.15) is 0 Å². The van der Waals surface area contributed by atoms with Crippen LogP contribution in [0.2, 0.25) is 5.02 Å². The number of rotatable bonds is 6. The molecule has 0 saturated heterocycles. The molecule has 0 spiro atoms. The summed E-state index contributed by atoms with van der Waals surface area (Å²) in [5, 5.41) is 3.68. The normalized spacial score (nSPS) is 11.4. The molecule has 4 heteroatoms. The van der Waals surface area contributed by atoms with Gasteiger partial charge in [-0.05, 0) is 24.1 Å². The Balaban J connectivity index is 2.16. The summed E-state index contributed by atoms with van der Waals surface area (Å²) in [5.74, 6) is 1.07. The van der Waals surface area contributed by atoms with Gasteiger partial charge in [-0.3, -0.25) is 4.79 Å². The van der Waals surface area contributed by atoms with Crippen LogP contribution in [0.3, 0.4) is 0 Å². The van der Waals surface area contributed by atoms with Crippen molar-refractivity contribution in [3.8, 4) is 0 Å². The minimum absolute atomic E-state index is 0.115. The van der Waals surface area contributed by atoms with E-state index in [9.17, 15) is 4.79 Å². The first-order valence-corrected chi connectivity index (χ1v) is 7.88. The smallest absolute Gasteiger partial charge is 0.220 e. The van der Waals surface area contributed by atoms with Crippen LogP contribution in [0.15, 0.2) is 24.3 Å². The topological polar surface area (TPSA) is 29.1 Å². The Hall–Kier alpha value is -0.670. The highest BCUT2D eigenvalue weighted by Gasteiger charge is 2.10. The third kappa shape index (κ3) is 8.17. The lowest BCUT2D eigenvalue weighted by atomic mass is 10.1. The van der Waals surface area contributed by atoms with Gasteiger partial charge in [-0.25, -0.2) is 0 Å².